The normalized spacial score (nSPS) is 10.7. The Morgan fingerprint density at radius 3 is 2.63 bits per heavy atom. The fraction of sp³-hybridized carbons (Fsp3) is 0.0870. The molecule has 150 valence electrons. The van der Waals surface area contributed by atoms with E-state index in [1.165, 1.54) is 12.1 Å². The van der Waals surface area contributed by atoms with Crippen LogP contribution in [-0.4, -0.2) is 22.4 Å². The average molecular weight is 465 g/mol. The summed E-state index contributed by atoms with van der Waals surface area (Å²) in [6, 6.07) is 21.3. The molecule has 0 aliphatic heterocycles. The highest BCUT2D eigenvalue weighted by atomic mass is 79.9. The number of hydrogen-bond acceptors (Lipinski definition) is 4. The molecule has 1 aromatic heterocycles. The first kappa shape index (κ1) is 20.0. The molecule has 0 unspecified atom stereocenters. The van der Waals surface area contributed by atoms with Crippen LogP contribution in [0, 0.1) is 5.82 Å². The van der Waals surface area contributed by atoms with Gasteiger partial charge in [0.05, 0.1) is 5.52 Å². The predicted molar refractivity (Wildman–Crippen MR) is 121 cm³/mol. The van der Waals surface area contributed by atoms with E-state index in [1.54, 1.807) is 12.1 Å². The Bertz CT molecular complexity index is 1210. The largest absolute Gasteiger partial charge is 0.369 e. The van der Waals surface area contributed by atoms with Gasteiger partial charge in [-0.25, -0.2) is 14.4 Å². The molecule has 0 bridgehead atoms. The summed E-state index contributed by atoms with van der Waals surface area (Å²) in [5.74, 6) is 0.660. The maximum Gasteiger partial charge on any atom is 0.226 e. The van der Waals surface area contributed by atoms with E-state index in [0.29, 0.717) is 23.9 Å². The minimum Gasteiger partial charge on any atom is -0.369 e. The lowest BCUT2D eigenvalue weighted by Gasteiger charge is -2.11. The van der Waals surface area contributed by atoms with Gasteiger partial charge in [0, 0.05) is 34.1 Å². The maximum atomic E-state index is 13.3. The van der Waals surface area contributed by atoms with E-state index in [2.05, 4.69) is 36.5 Å². The summed E-state index contributed by atoms with van der Waals surface area (Å²) in [6.45, 7) is 0.375. The second-order valence-electron chi connectivity index (χ2n) is 6.66. The number of benzene rings is 3. The summed E-state index contributed by atoms with van der Waals surface area (Å²) < 4.78 is 14.2. The highest BCUT2D eigenvalue weighted by Crippen LogP contribution is 2.26. The summed E-state index contributed by atoms with van der Waals surface area (Å²) in [6.07, 6.45) is 0.209. The number of rotatable bonds is 6. The number of para-hydroxylation sites is 1. The molecule has 2 N–H and O–H groups in total. The number of hydrogen-bond donors (Lipinski definition) is 2. The molecule has 30 heavy (non-hydrogen) atoms. The molecule has 3 aromatic carbocycles. The summed E-state index contributed by atoms with van der Waals surface area (Å²) in [7, 11) is 0. The second-order valence-corrected chi connectivity index (χ2v) is 7.57. The number of carbonyl (C=O) groups excluding carboxylic acids is 1. The molecule has 0 saturated heterocycles. The summed E-state index contributed by atoms with van der Waals surface area (Å²) in [4.78, 5) is 21.5. The van der Waals surface area contributed by atoms with Crippen molar-refractivity contribution in [2.75, 3.05) is 17.2 Å². The minimum absolute atomic E-state index is 0.209. The van der Waals surface area contributed by atoms with Crippen molar-refractivity contribution in [1.82, 2.24) is 9.97 Å². The molecule has 4 aromatic rings. The maximum absolute atomic E-state index is 13.3. The van der Waals surface area contributed by atoms with E-state index in [0.717, 1.165) is 20.9 Å². The third-order valence-electron chi connectivity index (χ3n) is 4.44. The van der Waals surface area contributed by atoms with Gasteiger partial charge < -0.3 is 10.6 Å². The third kappa shape index (κ3) is 4.80. The zero-order valence-electron chi connectivity index (χ0n) is 15.9. The van der Waals surface area contributed by atoms with Gasteiger partial charge in [0.15, 0.2) is 5.82 Å². The van der Waals surface area contributed by atoms with Crippen LogP contribution in [0.4, 0.5) is 15.9 Å². The van der Waals surface area contributed by atoms with Crippen molar-refractivity contribution in [3.8, 4) is 11.4 Å². The number of carbonyl (C=O) groups is 1. The van der Waals surface area contributed by atoms with Gasteiger partial charge in [-0.05, 0) is 42.5 Å². The van der Waals surface area contributed by atoms with E-state index >= 15 is 0 Å². The van der Waals surface area contributed by atoms with Crippen LogP contribution in [0.5, 0.6) is 0 Å². The second kappa shape index (κ2) is 9.00. The Labute approximate surface area is 181 Å². The fourth-order valence-electron chi connectivity index (χ4n) is 3.05. The van der Waals surface area contributed by atoms with Crippen LogP contribution in [-0.2, 0) is 4.79 Å². The Morgan fingerprint density at radius 2 is 1.80 bits per heavy atom. The van der Waals surface area contributed by atoms with Crippen molar-refractivity contribution < 1.29 is 9.18 Å². The van der Waals surface area contributed by atoms with Crippen LogP contribution in [0.15, 0.2) is 77.3 Å². The molecule has 1 amide bonds. The van der Waals surface area contributed by atoms with Crippen molar-refractivity contribution in [1.29, 1.82) is 0 Å². The first-order valence-corrected chi connectivity index (χ1v) is 10.2. The topological polar surface area (TPSA) is 66.9 Å². The number of nitrogens with one attached hydrogen (secondary N) is 2. The van der Waals surface area contributed by atoms with E-state index in [-0.39, 0.29) is 12.3 Å². The fourth-order valence-corrected chi connectivity index (χ4v) is 3.45. The molecule has 4 rings (SSSR count). The van der Waals surface area contributed by atoms with Gasteiger partial charge in [-0.3, -0.25) is 4.79 Å². The molecule has 5 nitrogen and oxygen atoms in total. The lowest BCUT2D eigenvalue weighted by Crippen LogP contribution is -2.17. The monoisotopic (exact) mass is 464 g/mol. The standard InChI is InChI=1S/C23H18BrFN4O/c24-16-6-3-5-15(13-16)22-28-20-10-2-1-9-19(20)23(29-22)26-12-11-21(30)27-18-8-4-7-17(25)14-18/h1-10,13-14H,11-12H2,(H,27,30)(H,26,28,29). The number of fused-ring (bicyclic) bond motifs is 1. The van der Waals surface area contributed by atoms with Crippen LogP contribution in [0.25, 0.3) is 22.3 Å². The Morgan fingerprint density at radius 1 is 0.967 bits per heavy atom. The van der Waals surface area contributed by atoms with Crippen LogP contribution in [0.3, 0.4) is 0 Å². The molecule has 0 atom stereocenters. The van der Waals surface area contributed by atoms with Crippen LogP contribution >= 0.6 is 15.9 Å². The van der Waals surface area contributed by atoms with Crippen molar-refractivity contribution in [2.24, 2.45) is 0 Å². The van der Waals surface area contributed by atoms with Gasteiger partial charge >= 0.3 is 0 Å². The van der Waals surface area contributed by atoms with Gasteiger partial charge in [0.1, 0.15) is 11.6 Å². The van der Waals surface area contributed by atoms with Gasteiger partial charge in [-0.1, -0.05) is 46.3 Å². The molecule has 0 aliphatic carbocycles. The van der Waals surface area contributed by atoms with Crippen LogP contribution in [0.1, 0.15) is 6.42 Å². The molecular formula is C23H18BrFN4O. The predicted octanol–water partition coefficient (Wildman–Crippen LogP) is 5.64. The lowest BCUT2D eigenvalue weighted by atomic mass is 10.2. The summed E-state index contributed by atoms with van der Waals surface area (Å²) in [5, 5.41) is 6.81. The Balaban J connectivity index is 1.51. The highest BCUT2D eigenvalue weighted by molar-refractivity contribution is 9.10. The highest BCUT2D eigenvalue weighted by Gasteiger charge is 2.10. The van der Waals surface area contributed by atoms with Crippen molar-refractivity contribution >= 4 is 44.2 Å². The van der Waals surface area contributed by atoms with Gasteiger partial charge in [-0.15, -0.1) is 0 Å². The zero-order valence-corrected chi connectivity index (χ0v) is 17.5. The summed E-state index contributed by atoms with van der Waals surface area (Å²) in [5.41, 5.74) is 2.14. The van der Waals surface area contributed by atoms with Crippen LogP contribution in [0.2, 0.25) is 0 Å². The third-order valence-corrected chi connectivity index (χ3v) is 4.93. The number of amides is 1. The molecule has 0 aliphatic rings. The molecule has 1 heterocycles. The van der Waals surface area contributed by atoms with Crippen molar-refractivity contribution in [2.45, 2.75) is 6.42 Å². The number of anilines is 2. The average Bonchev–Trinajstić information content (AvgIpc) is 2.73. The quantitative estimate of drug-likeness (QED) is 0.387. The van der Waals surface area contributed by atoms with E-state index < -0.39 is 5.82 Å². The molecular weight excluding hydrogens is 447 g/mol. The number of aromatic nitrogens is 2. The number of halogens is 2. The van der Waals surface area contributed by atoms with Crippen molar-refractivity contribution in [3.05, 3.63) is 83.1 Å². The van der Waals surface area contributed by atoms with Crippen LogP contribution < -0.4 is 10.6 Å². The SMILES string of the molecule is O=C(CCNc1nc(-c2cccc(Br)c2)nc2ccccc12)Nc1cccc(F)c1. The Kier molecular flexibility index (Phi) is 5.99. The van der Waals surface area contributed by atoms with Crippen molar-refractivity contribution in [3.63, 3.8) is 0 Å². The molecule has 7 heteroatoms. The molecule has 0 saturated carbocycles. The van der Waals surface area contributed by atoms with Gasteiger partial charge in [0.2, 0.25) is 5.91 Å². The Hall–Kier alpha value is -3.32. The minimum atomic E-state index is -0.390. The molecule has 0 radical (unpaired) electrons. The van der Waals surface area contributed by atoms with E-state index in [9.17, 15) is 9.18 Å². The van der Waals surface area contributed by atoms with E-state index in [1.807, 2.05) is 48.5 Å². The smallest absolute Gasteiger partial charge is 0.226 e. The molecule has 0 fully saturated rings. The lowest BCUT2D eigenvalue weighted by molar-refractivity contribution is -0.115. The summed E-state index contributed by atoms with van der Waals surface area (Å²) >= 11 is 3.48. The molecule has 0 spiro atoms. The number of nitrogens with zero attached hydrogens (tertiary/aromatic N) is 2. The first-order chi connectivity index (χ1) is 14.6. The van der Waals surface area contributed by atoms with Gasteiger partial charge in [-0.2, -0.15) is 0 Å². The first-order valence-electron chi connectivity index (χ1n) is 9.40. The van der Waals surface area contributed by atoms with E-state index in [4.69, 9.17) is 0 Å². The van der Waals surface area contributed by atoms with Gasteiger partial charge in [0.25, 0.3) is 0 Å². The zero-order chi connectivity index (χ0) is 20.9.